The van der Waals surface area contributed by atoms with Gasteiger partial charge < -0.3 is 5.73 Å². The van der Waals surface area contributed by atoms with Crippen LogP contribution in [0.25, 0.3) is 0 Å². The first-order valence-electron chi connectivity index (χ1n) is 5.38. The number of hydrogen-bond acceptors (Lipinski definition) is 2. The maximum Gasteiger partial charge on any atom is 0.0404 e. The highest BCUT2D eigenvalue weighted by atomic mass is 14.7. The van der Waals surface area contributed by atoms with E-state index in [4.69, 9.17) is 5.73 Å². The summed E-state index contributed by atoms with van der Waals surface area (Å²) in [7, 11) is 0. The molecule has 2 nitrogen and oxygen atoms in total. The van der Waals surface area contributed by atoms with Gasteiger partial charge in [0.15, 0.2) is 0 Å². The molecule has 1 rings (SSSR count). The van der Waals surface area contributed by atoms with Crippen molar-refractivity contribution < 1.29 is 0 Å². The van der Waals surface area contributed by atoms with Crippen molar-refractivity contribution in [2.24, 2.45) is 5.73 Å². The molecule has 0 aliphatic rings. The molecule has 1 atom stereocenters. The van der Waals surface area contributed by atoms with E-state index in [0.717, 1.165) is 31.4 Å². The molecule has 0 saturated heterocycles. The quantitative estimate of drug-likeness (QED) is 0.743. The number of nitrogens with two attached hydrogens (primary N) is 1. The SMILES string of the molecule is CC#CCCC(N)CCc1ccccn1. The molecule has 15 heavy (non-hydrogen) atoms. The Balaban J connectivity index is 2.21. The summed E-state index contributed by atoms with van der Waals surface area (Å²) in [5.41, 5.74) is 7.09. The number of rotatable bonds is 5. The van der Waals surface area contributed by atoms with E-state index in [9.17, 15) is 0 Å². The summed E-state index contributed by atoms with van der Waals surface area (Å²) in [6.45, 7) is 1.86. The molecule has 0 bridgehead atoms. The van der Waals surface area contributed by atoms with E-state index in [1.165, 1.54) is 0 Å². The average Bonchev–Trinajstić information content (AvgIpc) is 2.28. The van der Waals surface area contributed by atoms with Gasteiger partial charge in [-0.25, -0.2) is 0 Å². The highest BCUT2D eigenvalue weighted by molar-refractivity contribution is 5.03. The van der Waals surface area contributed by atoms with Crippen LogP contribution in [-0.2, 0) is 6.42 Å². The minimum absolute atomic E-state index is 0.243. The van der Waals surface area contributed by atoms with E-state index < -0.39 is 0 Å². The zero-order valence-electron chi connectivity index (χ0n) is 9.24. The molecule has 1 aromatic heterocycles. The van der Waals surface area contributed by atoms with Crippen LogP contribution in [0, 0.1) is 11.8 Å². The first-order valence-corrected chi connectivity index (χ1v) is 5.38. The lowest BCUT2D eigenvalue weighted by Gasteiger charge is -2.08. The predicted molar refractivity (Wildman–Crippen MR) is 63.2 cm³/mol. The third kappa shape index (κ3) is 5.19. The summed E-state index contributed by atoms with van der Waals surface area (Å²) >= 11 is 0. The molecule has 2 heteroatoms. The average molecular weight is 202 g/mol. The van der Waals surface area contributed by atoms with Gasteiger partial charge in [0.25, 0.3) is 0 Å². The van der Waals surface area contributed by atoms with Crippen molar-refractivity contribution in [1.29, 1.82) is 0 Å². The molecule has 0 radical (unpaired) electrons. The van der Waals surface area contributed by atoms with E-state index in [1.807, 2.05) is 31.3 Å². The lowest BCUT2D eigenvalue weighted by molar-refractivity contribution is 0.574. The zero-order chi connectivity index (χ0) is 10.9. The largest absolute Gasteiger partial charge is 0.328 e. The van der Waals surface area contributed by atoms with Crippen molar-refractivity contribution in [3.63, 3.8) is 0 Å². The second kappa shape index (κ2) is 7.03. The van der Waals surface area contributed by atoms with Crippen molar-refractivity contribution in [1.82, 2.24) is 4.98 Å². The molecule has 1 heterocycles. The summed E-state index contributed by atoms with van der Waals surface area (Å²) in [6, 6.07) is 6.22. The summed E-state index contributed by atoms with van der Waals surface area (Å²) < 4.78 is 0. The molecule has 0 amide bonds. The van der Waals surface area contributed by atoms with Crippen molar-refractivity contribution in [2.45, 2.75) is 38.6 Å². The molecular weight excluding hydrogens is 184 g/mol. The van der Waals surface area contributed by atoms with Crippen molar-refractivity contribution in [3.8, 4) is 11.8 Å². The Hall–Kier alpha value is -1.33. The van der Waals surface area contributed by atoms with Crippen LogP contribution in [0.1, 0.15) is 31.9 Å². The van der Waals surface area contributed by atoms with Gasteiger partial charge in [0, 0.05) is 24.4 Å². The highest BCUT2D eigenvalue weighted by Crippen LogP contribution is 2.04. The number of nitrogens with zero attached hydrogens (tertiary/aromatic N) is 1. The Labute approximate surface area is 91.9 Å². The Kier molecular flexibility index (Phi) is 5.50. The maximum absolute atomic E-state index is 5.97. The molecule has 2 N–H and O–H groups in total. The molecule has 0 fully saturated rings. The number of aryl methyl sites for hydroxylation is 1. The molecule has 0 spiro atoms. The van der Waals surface area contributed by atoms with Crippen LogP contribution in [0.15, 0.2) is 24.4 Å². The third-order valence-electron chi connectivity index (χ3n) is 2.31. The van der Waals surface area contributed by atoms with Crippen molar-refractivity contribution in [2.75, 3.05) is 0 Å². The minimum Gasteiger partial charge on any atom is -0.328 e. The van der Waals surface area contributed by atoms with Crippen LogP contribution >= 0.6 is 0 Å². The molecule has 1 aromatic rings. The lowest BCUT2D eigenvalue weighted by atomic mass is 10.1. The molecule has 0 aliphatic carbocycles. The van der Waals surface area contributed by atoms with Gasteiger partial charge in [-0.2, -0.15) is 0 Å². The van der Waals surface area contributed by atoms with Crippen LogP contribution in [-0.4, -0.2) is 11.0 Å². The standard InChI is InChI=1S/C13H18N2/c1-2-3-4-7-12(14)9-10-13-8-5-6-11-15-13/h5-6,8,11-12H,4,7,9-10,14H2,1H3. The number of aromatic nitrogens is 1. The first-order chi connectivity index (χ1) is 7.33. The fourth-order valence-electron chi connectivity index (χ4n) is 1.41. The summed E-state index contributed by atoms with van der Waals surface area (Å²) in [6.07, 6.45) is 5.65. The normalized spacial score (nSPS) is 11.6. The van der Waals surface area contributed by atoms with Gasteiger partial charge in [-0.1, -0.05) is 6.07 Å². The first kappa shape index (κ1) is 11.7. The van der Waals surface area contributed by atoms with Gasteiger partial charge in [0.1, 0.15) is 0 Å². The topological polar surface area (TPSA) is 38.9 Å². The molecule has 0 aromatic carbocycles. The smallest absolute Gasteiger partial charge is 0.0404 e. The lowest BCUT2D eigenvalue weighted by Crippen LogP contribution is -2.20. The molecule has 0 saturated carbocycles. The van der Waals surface area contributed by atoms with Gasteiger partial charge in [-0.3, -0.25) is 4.98 Å². The molecule has 1 unspecified atom stereocenters. The minimum atomic E-state index is 0.243. The monoisotopic (exact) mass is 202 g/mol. The van der Waals surface area contributed by atoms with E-state index in [2.05, 4.69) is 16.8 Å². The third-order valence-corrected chi connectivity index (χ3v) is 2.31. The van der Waals surface area contributed by atoms with Crippen LogP contribution in [0.5, 0.6) is 0 Å². The Bertz CT molecular complexity index is 321. The molecular formula is C13H18N2. The Morgan fingerprint density at radius 2 is 2.27 bits per heavy atom. The van der Waals surface area contributed by atoms with E-state index >= 15 is 0 Å². The van der Waals surface area contributed by atoms with Crippen LogP contribution in [0.4, 0.5) is 0 Å². The van der Waals surface area contributed by atoms with E-state index in [-0.39, 0.29) is 6.04 Å². The summed E-state index contributed by atoms with van der Waals surface area (Å²) in [5.74, 6) is 5.91. The van der Waals surface area contributed by atoms with Crippen LogP contribution in [0.3, 0.4) is 0 Å². The maximum atomic E-state index is 5.97. The zero-order valence-corrected chi connectivity index (χ0v) is 9.24. The second-order valence-corrected chi connectivity index (χ2v) is 3.59. The van der Waals surface area contributed by atoms with E-state index in [1.54, 1.807) is 0 Å². The predicted octanol–water partition coefficient (Wildman–Crippen LogP) is 2.15. The Morgan fingerprint density at radius 3 is 2.93 bits per heavy atom. The van der Waals surface area contributed by atoms with Gasteiger partial charge in [-0.15, -0.1) is 11.8 Å². The number of pyridine rings is 1. The second-order valence-electron chi connectivity index (χ2n) is 3.59. The van der Waals surface area contributed by atoms with Gasteiger partial charge in [0.05, 0.1) is 0 Å². The van der Waals surface area contributed by atoms with Gasteiger partial charge in [-0.05, 0) is 38.3 Å². The van der Waals surface area contributed by atoms with Crippen molar-refractivity contribution in [3.05, 3.63) is 30.1 Å². The molecule has 0 aliphatic heterocycles. The van der Waals surface area contributed by atoms with Gasteiger partial charge >= 0.3 is 0 Å². The van der Waals surface area contributed by atoms with E-state index in [0.29, 0.717) is 0 Å². The van der Waals surface area contributed by atoms with Gasteiger partial charge in [0.2, 0.25) is 0 Å². The molecule has 80 valence electrons. The van der Waals surface area contributed by atoms with Crippen LogP contribution < -0.4 is 5.73 Å². The number of hydrogen-bond donors (Lipinski definition) is 1. The fourth-order valence-corrected chi connectivity index (χ4v) is 1.41. The fraction of sp³-hybridized carbons (Fsp3) is 0.462. The van der Waals surface area contributed by atoms with Crippen LogP contribution in [0.2, 0.25) is 0 Å². The summed E-state index contributed by atoms with van der Waals surface area (Å²) in [5, 5.41) is 0. The summed E-state index contributed by atoms with van der Waals surface area (Å²) in [4.78, 5) is 4.26. The highest BCUT2D eigenvalue weighted by Gasteiger charge is 2.02. The Morgan fingerprint density at radius 1 is 1.40 bits per heavy atom. The van der Waals surface area contributed by atoms with Crippen molar-refractivity contribution >= 4 is 0 Å².